The molecule has 0 unspecified atom stereocenters. The van der Waals surface area contributed by atoms with Gasteiger partial charge in [0.1, 0.15) is 24.4 Å². The molecule has 154 valence electrons. The summed E-state index contributed by atoms with van der Waals surface area (Å²) in [6.45, 7) is 1.50. The Balaban J connectivity index is 1.97. The number of alkyl halides is 5. The van der Waals surface area contributed by atoms with E-state index in [1.54, 1.807) is 0 Å². The maximum Gasteiger partial charge on any atom is 0.398 e. The molecule has 0 radical (unpaired) electrons. The van der Waals surface area contributed by atoms with Gasteiger partial charge in [0, 0.05) is 4.90 Å². The summed E-state index contributed by atoms with van der Waals surface area (Å²) in [6, 6.07) is 2.30. The van der Waals surface area contributed by atoms with Crippen LogP contribution in [0.2, 0.25) is 0 Å². The smallest absolute Gasteiger partial charge is 0.398 e. The molecule has 0 spiro atoms. The second-order valence-electron chi connectivity index (χ2n) is 5.45. The zero-order valence-corrected chi connectivity index (χ0v) is 16.7. The summed E-state index contributed by atoms with van der Waals surface area (Å²) in [4.78, 5) is 7.53. The van der Waals surface area contributed by atoms with Gasteiger partial charge in [-0.05, 0) is 40.5 Å². The van der Waals surface area contributed by atoms with Crippen molar-refractivity contribution in [1.29, 1.82) is 0 Å². The number of rotatable bonds is 8. The van der Waals surface area contributed by atoms with Crippen molar-refractivity contribution >= 4 is 33.5 Å². The van der Waals surface area contributed by atoms with Crippen molar-refractivity contribution in [1.82, 2.24) is 9.97 Å². The van der Waals surface area contributed by atoms with Crippen LogP contribution in [0.1, 0.15) is 17.7 Å². The molecule has 12 heteroatoms. The van der Waals surface area contributed by atoms with Gasteiger partial charge in [0.15, 0.2) is 11.6 Å². The second kappa shape index (κ2) is 9.68. The third-order valence-electron chi connectivity index (χ3n) is 3.30. The fraction of sp³-hybridized carbons (Fsp3) is 0.375. The summed E-state index contributed by atoms with van der Waals surface area (Å²) in [5.41, 5.74) is -0.115. The van der Waals surface area contributed by atoms with Gasteiger partial charge in [-0.1, -0.05) is 0 Å². The third-order valence-corrected chi connectivity index (χ3v) is 5.30. The molecule has 0 bridgehead atoms. The largest absolute Gasteiger partial charge is 0.489 e. The zero-order chi connectivity index (χ0) is 20.9. The number of nitrogens with zero attached hydrogens (tertiary/aromatic N) is 2. The Morgan fingerprint density at radius 1 is 1.25 bits per heavy atom. The van der Waals surface area contributed by atoms with E-state index in [1.807, 2.05) is 0 Å². The number of anilines is 1. The molecule has 0 aliphatic rings. The van der Waals surface area contributed by atoms with Crippen LogP contribution in [0.15, 0.2) is 27.8 Å². The second-order valence-corrected chi connectivity index (χ2v) is 7.26. The summed E-state index contributed by atoms with van der Waals surface area (Å²) in [5, 5.41) is 2.74. The fourth-order valence-corrected chi connectivity index (χ4v) is 3.36. The lowest BCUT2D eigenvalue weighted by Gasteiger charge is -2.13. The molecule has 1 aromatic carbocycles. The Morgan fingerprint density at radius 3 is 2.61 bits per heavy atom. The van der Waals surface area contributed by atoms with Gasteiger partial charge in [0.05, 0.1) is 16.8 Å². The maximum absolute atomic E-state index is 14.0. The molecule has 0 amide bonds. The Hall–Kier alpha value is -1.69. The Bertz CT molecular complexity index is 822. The van der Waals surface area contributed by atoms with Gasteiger partial charge in [-0.25, -0.2) is 23.1 Å². The van der Waals surface area contributed by atoms with Gasteiger partial charge in [-0.2, -0.15) is 13.2 Å². The number of ether oxygens (including phenoxy) is 1. The van der Waals surface area contributed by atoms with Gasteiger partial charge in [-0.15, -0.1) is 11.8 Å². The minimum absolute atomic E-state index is 0.00245. The van der Waals surface area contributed by atoms with E-state index >= 15 is 0 Å². The van der Waals surface area contributed by atoms with E-state index in [4.69, 9.17) is 4.74 Å². The van der Waals surface area contributed by atoms with Crippen molar-refractivity contribution in [3.63, 3.8) is 0 Å². The first kappa shape index (κ1) is 22.6. The highest BCUT2D eigenvalue weighted by Crippen LogP contribution is 2.33. The Morgan fingerprint density at radius 2 is 1.96 bits per heavy atom. The van der Waals surface area contributed by atoms with Crippen LogP contribution in [0.4, 0.5) is 32.2 Å². The Kier molecular flexibility index (Phi) is 7.81. The van der Waals surface area contributed by atoms with Gasteiger partial charge in [0.2, 0.25) is 0 Å². The number of hydrogen-bond donors (Lipinski definition) is 1. The lowest BCUT2D eigenvalue weighted by atomic mass is 10.2. The van der Waals surface area contributed by atoms with E-state index in [2.05, 4.69) is 31.2 Å². The maximum atomic E-state index is 14.0. The summed E-state index contributed by atoms with van der Waals surface area (Å²) in [5.74, 6) is -1.90. The fourth-order valence-electron chi connectivity index (χ4n) is 2.05. The van der Waals surface area contributed by atoms with Crippen LogP contribution >= 0.6 is 27.7 Å². The van der Waals surface area contributed by atoms with Crippen molar-refractivity contribution in [2.45, 2.75) is 24.4 Å². The van der Waals surface area contributed by atoms with Crippen LogP contribution in [0.5, 0.6) is 5.75 Å². The first-order valence-electron chi connectivity index (χ1n) is 7.73. The van der Waals surface area contributed by atoms with Crippen molar-refractivity contribution in [2.24, 2.45) is 0 Å². The van der Waals surface area contributed by atoms with Crippen molar-refractivity contribution in [3.8, 4) is 5.75 Å². The number of nitrogens with one attached hydrogen (secondary N) is 1. The number of thioether (sulfide) groups is 1. The van der Waals surface area contributed by atoms with E-state index in [1.165, 1.54) is 13.0 Å². The van der Waals surface area contributed by atoms with Crippen LogP contribution in [0.3, 0.4) is 0 Å². The molecule has 0 aliphatic carbocycles. The molecule has 0 atom stereocenters. The van der Waals surface area contributed by atoms with Crippen LogP contribution in [0, 0.1) is 12.7 Å². The van der Waals surface area contributed by atoms with Crippen LogP contribution in [-0.2, 0) is 0 Å². The summed E-state index contributed by atoms with van der Waals surface area (Å²) in [6.07, 6.45) is -6.17. The number of hydrogen-bond acceptors (Lipinski definition) is 5. The predicted molar refractivity (Wildman–Crippen MR) is 96.6 cm³/mol. The minimum atomic E-state index is -4.35. The molecule has 2 aromatic rings. The average molecular weight is 490 g/mol. The van der Waals surface area contributed by atoms with Crippen molar-refractivity contribution in [3.05, 3.63) is 40.0 Å². The molecule has 0 saturated heterocycles. The van der Waals surface area contributed by atoms with Crippen molar-refractivity contribution < 1.29 is 31.1 Å². The monoisotopic (exact) mass is 489 g/mol. The zero-order valence-electron chi connectivity index (χ0n) is 14.3. The molecule has 0 fully saturated rings. The van der Waals surface area contributed by atoms with E-state index < -0.39 is 29.9 Å². The Labute approximate surface area is 169 Å². The van der Waals surface area contributed by atoms with E-state index in [9.17, 15) is 26.3 Å². The predicted octanol–water partition coefficient (Wildman–Crippen LogP) is 5.77. The molecule has 1 heterocycles. The van der Waals surface area contributed by atoms with Crippen LogP contribution in [-0.4, -0.2) is 35.0 Å². The van der Waals surface area contributed by atoms with Gasteiger partial charge in [0.25, 0.3) is 6.43 Å². The molecule has 0 saturated carbocycles. The van der Waals surface area contributed by atoms with E-state index in [0.717, 1.165) is 12.4 Å². The number of aromatic nitrogens is 2. The van der Waals surface area contributed by atoms with E-state index in [0.29, 0.717) is 17.3 Å². The van der Waals surface area contributed by atoms with Crippen molar-refractivity contribution in [2.75, 3.05) is 24.2 Å². The topological polar surface area (TPSA) is 47.0 Å². The number of benzene rings is 1. The third kappa shape index (κ3) is 6.43. The normalized spacial score (nSPS) is 11.8. The van der Waals surface area contributed by atoms with Gasteiger partial charge < -0.3 is 10.1 Å². The minimum Gasteiger partial charge on any atom is -0.489 e. The molecule has 4 nitrogen and oxygen atoms in total. The molecule has 0 aliphatic heterocycles. The van der Waals surface area contributed by atoms with Crippen LogP contribution in [0.25, 0.3) is 0 Å². The van der Waals surface area contributed by atoms with Gasteiger partial charge in [-0.3, -0.25) is 0 Å². The quantitative estimate of drug-likeness (QED) is 0.289. The number of halogens is 7. The summed E-state index contributed by atoms with van der Waals surface area (Å²) in [7, 11) is 0. The number of aryl methyl sites for hydroxylation is 1. The van der Waals surface area contributed by atoms with E-state index in [-0.39, 0.29) is 34.1 Å². The lowest BCUT2D eigenvalue weighted by molar-refractivity contribution is -0.105. The standard InChI is InChI=1S/C16H14BrF6N3OS/c1-8-4-9(18)10(5-11(8)28-6-16(21,22)23)27-3-2-24-15-12(17)13(14(19)20)25-7-26-15/h4-5,7,14H,2-3,6H2,1H3,(H,24,25,26). The SMILES string of the molecule is Cc1cc(F)c(OCCNc2ncnc(C(F)F)c2Br)cc1SCC(F)(F)F. The average Bonchev–Trinajstić information content (AvgIpc) is 2.59. The summed E-state index contributed by atoms with van der Waals surface area (Å²) >= 11 is 3.52. The first-order valence-corrected chi connectivity index (χ1v) is 9.51. The molecule has 1 aromatic heterocycles. The highest BCUT2D eigenvalue weighted by molar-refractivity contribution is 9.10. The first-order chi connectivity index (χ1) is 13.1. The highest BCUT2D eigenvalue weighted by Gasteiger charge is 2.27. The summed E-state index contributed by atoms with van der Waals surface area (Å²) < 4.78 is 81.9. The molecule has 2 rings (SSSR count). The van der Waals surface area contributed by atoms with Gasteiger partial charge >= 0.3 is 6.18 Å². The molecular weight excluding hydrogens is 476 g/mol. The molecule has 1 N–H and O–H groups in total. The molecular formula is C16H14BrF6N3OS. The lowest BCUT2D eigenvalue weighted by Crippen LogP contribution is -2.14. The van der Waals surface area contributed by atoms with Crippen LogP contribution < -0.4 is 10.1 Å². The highest BCUT2D eigenvalue weighted by atomic mass is 79.9. The molecule has 28 heavy (non-hydrogen) atoms.